The fraction of sp³-hybridized carbons (Fsp3) is 0.0556. The van der Waals surface area contributed by atoms with Crippen molar-refractivity contribution in [2.75, 3.05) is 6.61 Å². The first kappa shape index (κ1) is 12.0. The van der Waals surface area contributed by atoms with Crippen molar-refractivity contribution < 1.29 is 9.53 Å². The van der Waals surface area contributed by atoms with Crippen molar-refractivity contribution in [1.82, 2.24) is 4.98 Å². The number of hydrogen-bond acceptors (Lipinski definition) is 2. The Balaban J connectivity index is 1.79. The van der Waals surface area contributed by atoms with Crippen molar-refractivity contribution in [2.45, 2.75) is 0 Å². The largest absolute Gasteiger partial charge is 0.488 e. The van der Waals surface area contributed by atoms with Crippen LogP contribution in [0.1, 0.15) is 15.9 Å². The van der Waals surface area contributed by atoms with Gasteiger partial charge in [-0.3, -0.25) is 4.79 Å². The molecular formula is C18H13NO2. The smallest absolute Gasteiger partial charge is 0.196 e. The van der Waals surface area contributed by atoms with Gasteiger partial charge < -0.3 is 9.72 Å². The highest BCUT2D eigenvalue weighted by molar-refractivity contribution is 6.14. The van der Waals surface area contributed by atoms with E-state index in [0.717, 1.165) is 16.5 Å². The molecule has 2 heterocycles. The van der Waals surface area contributed by atoms with Gasteiger partial charge in [-0.1, -0.05) is 30.3 Å². The molecule has 3 nitrogen and oxygen atoms in total. The van der Waals surface area contributed by atoms with Crippen LogP contribution in [0.3, 0.4) is 0 Å². The van der Waals surface area contributed by atoms with Gasteiger partial charge in [0.05, 0.1) is 5.56 Å². The zero-order valence-electron chi connectivity index (χ0n) is 11.3. The Labute approximate surface area is 121 Å². The monoisotopic (exact) mass is 275 g/mol. The zero-order chi connectivity index (χ0) is 14.2. The molecule has 0 atom stereocenters. The molecule has 0 spiro atoms. The Morgan fingerprint density at radius 3 is 2.81 bits per heavy atom. The van der Waals surface area contributed by atoms with Gasteiger partial charge in [0, 0.05) is 28.2 Å². The van der Waals surface area contributed by atoms with E-state index in [4.69, 9.17) is 4.74 Å². The summed E-state index contributed by atoms with van der Waals surface area (Å²) in [5.41, 5.74) is 3.39. The van der Waals surface area contributed by atoms with Gasteiger partial charge in [-0.2, -0.15) is 0 Å². The summed E-state index contributed by atoms with van der Waals surface area (Å²) in [5.74, 6) is 0.709. The molecule has 0 saturated heterocycles. The van der Waals surface area contributed by atoms with Crippen molar-refractivity contribution in [3.05, 3.63) is 71.4 Å². The van der Waals surface area contributed by atoms with Gasteiger partial charge in [-0.25, -0.2) is 0 Å². The average Bonchev–Trinajstić information content (AvgIpc) is 2.94. The predicted octanol–water partition coefficient (Wildman–Crippen LogP) is 3.83. The lowest BCUT2D eigenvalue weighted by Gasteiger charge is -2.18. The number of nitrogens with one attached hydrogen (secondary N) is 1. The Kier molecular flexibility index (Phi) is 2.64. The summed E-state index contributed by atoms with van der Waals surface area (Å²) in [6, 6.07) is 15.4. The van der Waals surface area contributed by atoms with Crippen LogP contribution in [-0.2, 0) is 0 Å². The van der Waals surface area contributed by atoms with Gasteiger partial charge in [0.2, 0.25) is 0 Å². The number of H-pyrrole nitrogens is 1. The van der Waals surface area contributed by atoms with Crippen molar-refractivity contribution >= 4 is 22.8 Å². The summed E-state index contributed by atoms with van der Waals surface area (Å²) in [7, 11) is 0. The van der Waals surface area contributed by atoms with Crippen molar-refractivity contribution in [2.24, 2.45) is 0 Å². The number of benzene rings is 2. The second-order valence-electron chi connectivity index (χ2n) is 5.07. The standard InChI is InChI=1S/C18H13NO2/c20-18-13(11-21-17-8-4-2-6-15(17)18)9-12-10-19-16-7-3-1-5-14(12)16/h1-10,19H,11H2/b13-9-. The number of carbonyl (C=O) groups is 1. The molecule has 0 unspecified atom stereocenters. The molecule has 0 bridgehead atoms. The number of fused-ring (bicyclic) bond motifs is 2. The second-order valence-corrected chi connectivity index (χ2v) is 5.07. The summed E-state index contributed by atoms with van der Waals surface area (Å²) in [4.78, 5) is 15.7. The van der Waals surface area contributed by atoms with Crippen LogP contribution in [0.5, 0.6) is 5.75 Å². The first-order valence-corrected chi connectivity index (χ1v) is 6.86. The van der Waals surface area contributed by atoms with Crippen LogP contribution < -0.4 is 4.74 Å². The highest BCUT2D eigenvalue weighted by Crippen LogP contribution is 2.28. The molecule has 1 aliphatic heterocycles. The molecule has 2 aromatic carbocycles. The first-order chi connectivity index (χ1) is 10.3. The van der Waals surface area contributed by atoms with Crippen LogP contribution in [0.15, 0.2) is 60.3 Å². The number of ketones is 1. The van der Waals surface area contributed by atoms with Crippen LogP contribution >= 0.6 is 0 Å². The maximum Gasteiger partial charge on any atom is 0.196 e. The van der Waals surface area contributed by atoms with E-state index in [9.17, 15) is 4.79 Å². The van der Waals surface area contributed by atoms with Crippen LogP contribution in [-0.4, -0.2) is 17.4 Å². The third kappa shape index (κ3) is 1.94. The molecule has 0 fully saturated rings. The Morgan fingerprint density at radius 1 is 1.05 bits per heavy atom. The quantitative estimate of drug-likeness (QED) is 0.686. The van der Waals surface area contributed by atoms with E-state index in [2.05, 4.69) is 4.98 Å². The topological polar surface area (TPSA) is 42.1 Å². The van der Waals surface area contributed by atoms with E-state index in [1.165, 1.54) is 0 Å². The zero-order valence-corrected chi connectivity index (χ0v) is 11.3. The fourth-order valence-corrected chi connectivity index (χ4v) is 2.68. The van der Waals surface area contributed by atoms with Crippen molar-refractivity contribution in [1.29, 1.82) is 0 Å². The van der Waals surface area contributed by atoms with Crippen molar-refractivity contribution in [3.8, 4) is 5.75 Å². The average molecular weight is 275 g/mol. The van der Waals surface area contributed by atoms with Gasteiger partial charge in [0.25, 0.3) is 0 Å². The van der Waals surface area contributed by atoms with Gasteiger partial charge in [0.1, 0.15) is 12.4 Å². The Bertz CT molecular complexity index is 874. The van der Waals surface area contributed by atoms with E-state index in [0.29, 0.717) is 23.5 Å². The summed E-state index contributed by atoms with van der Waals surface area (Å²) in [6.45, 7) is 0.315. The van der Waals surface area contributed by atoms with E-state index in [1.807, 2.05) is 54.7 Å². The predicted molar refractivity (Wildman–Crippen MR) is 82.5 cm³/mol. The summed E-state index contributed by atoms with van der Waals surface area (Å²) >= 11 is 0. The molecule has 0 saturated carbocycles. The lowest BCUT2D eigenvalue weighted by atomic mass is 9.98. The number of para-hydroxylation sites is 2. The van der Waals surface area contributed by atoms with Crippen LogP contribution in [0, 0.1) is 0 Å². The minimum Gasteiger partial charge on any atom is -0.488 e. The molecule has 1 aliphatic rings. The van der Waals surface area contributed by atoms with Crippen LogP contribution in [0.4, 0.5) is 0 Å². The van der Waals surface area contributed by atoms with Crippen LogP contribution in [0.25, 0.3) is 17.0 Å². The molecule has 21 heavy (non-hydrogen) atoms. The molecule has 4 rings (SSSR count). The maximum atomic E-state index is 12.5. The highest BCUT2D eigenvalue weighted by atomic mass is 16.5. The van der Waals surface area contributed by atoms with E-state index in [1.54, 1.807) is 6.07 Å². The highest BCUT2D eigenvalue weighted by Gasteiger charge is 2.22. The Hall–Kier alpha value is -2.81. The number of aromatic amines is 1. The SMILES string of the molecule is O=C1/C(=C\c2c[nH]c3ccccc23)COc2ccccc21. The van der Waals surface area contributed by atoms with Gasteiger partial charge >= 0.3 is 0 Å². The molecule has 0 amide bonds. The van der Waals surface area contributed by atoms with E-state index in [-0.39, 0.29) is 5.78 Å². The lowest BCUT2D eigenvalue weighted by molar-refractivity contribution is 0.100. The normalized spacial score (nSPS) is 16.0. The molecular weight excluding hydrogens is 262 g/mol. The van der Waals surface area contributed by atoms with Gasteiger partial charge in [0.15, 0.2) is 5.78 Å². The lowest BCUT2D eigenvalue weighted by Crippen LogP contribution is -2.18. The summed E-state index contributed by atoms with van der Waals surface area (Å²) in [6.07, 6.45) is 3.84. The maximum absolute atomic E-state index is 12.5. The number of aromatic nitrogens is 1. The first-order valence-electron chi connectivity index (χ1n) is 6.86. The van der Waals surface area contributed by atoms with E-state index >= 15 is 0 Å². The molecule has 0 radical (unpaired) electrons. The molecule has 0 aliphatic carbocycles. The number of hydrogen-bond donors (Lipinski definition) is 1. The number of rotatable bonds is 1. The molecule has 3 aromatic rings. The number of carbonyl (C=O) groups excluding carboxylic acids is 1. The second kappa shape index (κ2) is 4.63. The fourth-order valence-electron chi connectivity index (χ4n) is 2.68. The summed E-state index contributed by atoms with van der Waals surface area (Å²) in [5, 5.41) is 1.11. The third-order valence-electron chi connectivity index (χ3n) is 3.76. The van der Waals surface area contributed by atoms with Crippen molar-refractivity contribution in [3.63, 3.8) is 0 Å². The van der Waals surface area contributed by atoms with Crippen LogP contribution in [0.2, 0.25) is 0 Å². The third-order valence-corrected chi connectivity index (χ3v) is 3.76. The summed E-state index contributed by atoms with van der Waals surface area (Å²) < 4.78 is 5.67. The molecule has 102 valence electrons. The minimum atomic E-state index is 0.0436. The molecule has 1 aromatic heterocycles. The number of Topliss-reactive ketones (excluding diaryl/α,β-unsaturated/α-hetero) is 1. The number of ether oxygens (including phenoxy) is 1. The van der Waals surface area contributed by atoms with Gasteiger partial charge in [-0.15, -0.1) is 0 Å². The molecule has 1 N–H and O–H groups in total. The van der Waals surface area contributed by atoms with Gasteiger partial charge in [-0.05, 0) is 24.3 Å². The minimum absolute atomic E-state index is 0.0436. The Morgan fingerprint density at radius 2 is 1.86 bits per heavy atom. The molecule has 3 heteroatoms. The van der Waals surface area contributed by atoms with E-state index < -0.39 is 0 Å².